The van der Waals surface area contributed by atoms with Crippen molar-refractivity contribution in [1.29, 1.82) is 0 Å². The van der Waals surface area contributed by atoms with Gasteiger partial charge in [-0.25, -0.2) is 0 Å². The van der Waals surface area contributed by atoms with E-state index in [1.807, 2.05) is 0 Å². The van der Waals surface area contributed by atoms with Crippen LogP contribution in [0.5, 0.6) is 0 Å². The zero-order valence-electron chi connectivity index (χ0n) is 29.4. The molecular weight excluding hydrogens is 510 g/mol. The van der Waals surface area contributed by atoms with E-state index in [2.05, 4.69) is 138 Å². The zero-order chi connectivity index (χ0) is 31.8. The van der Waals surface area contributed by atoms with Crippen molar-refractivity contribution < 1.29 is 0 Å². The van der Waals surface area contributed by atoms with Gasteiger partial charge in [-0.3, -0.25) is 15.0 Å². The Hall–Kier alpha value is -2.55. The average molecular weight is 574 g/mol. The first kappa shape index (κ1) is 37.5. The predicted octanol–water partition coefficient (Wildman–Crippen LogP) is 13.3. The van der Waals surface area contributed by atoms with Gasteiger partial charge in [-0.15, -0.1) is 0 Å². The number of hydrogen-bond acceptors (Lipinski definition) is 3. The van der Waals surface area contributed by atoms with Gasteiger partial charge in [0.15, 0.2) is 0 Å². The van der Waals surface area contributed by atoms with Crippen LogP contribution in [0.2, 0.25) is 0 Å². The van der Waals surface area contributed by atoms with Crippen LogP contribution in [-0.2, 0) is 0 Å². The van der Waals surface area contributed by atoms with Crippen molar-refractivity contribution in [2.24, 2.45) is 31.2 Å². The summed E-state index contributed by atoms with van der Waals surface area (Å²) in [5, 5.41) is 0. The molecule has 0 bridgehead atoms. The number of benzene rings is 1. The molecule has 0 aliphatic carbocycles. The number of nitrogens with zero attached hydrogens (tertiary/aromatic N) is 3. The normalized spacial score (nSPS) is 12.9. The minimum Gasteiger partial charge on any atom is -0.261 e. The molecule has 234 valence electrons. The summed E-state index contributed by atoms with van der Waals surface area (Å²) in [6.07, 6.45) is 22.8. The predicted molar refractivity (Wildman–Crippen MR) is 192 cm³/mol. The molecule has 0 atom stereocenters. The summed E-state index contributed by atoms with van der Waals surface area (Å²) in [6, 6.07) is 6.26. The first-order valence-electron chi connectivity index (χ1n) is 16.1. The molecule has 3 heteroatoms. The Morgan fingerprint density at radius 3 is 0.929 bits per heavy atom. The van der Waals surface area contributed by atoms with Crippen molar-refractivity contribution in [3.05, 3.63) is 53.1 Å². The van der Waals surface area contributed by atoms with Crippen LogP contribution < -0.4 is 0 Å². The number of hydrogen-bond donors (Lipinski definition) is 0. The fraction of sp³-hybridized carbons (Fsp3) is 0.615. The second-order valence-electron chi connectivity index (χ2n) is 15.2. The minimum absolute atomic E-state index is 0.209. The van der Waals surface area contributed by atoms with E-state index in [9.17, 15) is 0 Å². The van der Waals surface area contributed by atoms with Gasteiger partial charge in [0.25, 0.3) is 0 Å². The van der Waals surface area contributed by atoms with Crippen LogP contribution in [0.25, 0.3) is 0 Å². The van der Waals surface area contributed by atoms with Crippen molar-refractivity contribution in [3.8, 4) is 0 Å². The molecule has 0 heterocycles. The third-order valence-electron chi connectivity index (χ3n) is 7.66. The van der Waals surface area contributed by atoms with Crippen LogP contribution in [0.3, 0.4) is 0 Å². The van der Waals surface area contributed by atoms with E-state index in [1.54, 1.807) is 0 Å². The lowest BCUT2D eigenvalue weighted by Crippen LogP contribution is -2.11. The average Bonchev–Trinajstić information content (AvgIpc) is 2.82. The molecule has 1 aromatic rings. The van der Waals surface area contributed by atoms with Crippen molar-refractivity contribution >= 4 is 35.7 Å². The van der Waals surface area contributed by atoms with E-state index < -0.39 is 0 Å². The molecule has 3 nitrogen and oxygen atoms in total. The van der Waals surface area contributed by atoms with Gasteiger partial charge in [0.1, 0.15) is 0 Å². The van der Waals surface area contributed by atoms with E-state index in [1.165, 1.54) is 16.7 Å². The van der Waals surface area contributed by atoms with Crippen LogP contribution in [0.15, 0.2) is 68.1 Å². The summed E-state index contributed by atoms with van der Waals surface area (Å²) >= 11 is 0. The van der Waals surface area contributed by atoms with Crippen LogP contribution in [-0.4, -0.2) is 18.6 Å². The van der Waals surface area contributed by atoms with Crippen molar-refractivity contribution in [2.75, 3.05) is 0 Å². The zero-order valence-corrected chi connectivity index (χ0v) is 29.4. The van der Waals surface area contributed by atoms with Crippen molar-refractivity contribution in [3.63, 3.8) is 0 Å². The minimum atomic E-state index is 0.209. The lowest BCUT2D eigenvalue weighted by Gasteiger charge is -2.22. The third kappa shape index (κ3) is 18.8. The molecule has 0 unspecified atom stereocenters. The van der Waals surface area contributed by atoms with Gasteiger partial charge in [0.2, 0.25) is 0 Å². The molecule has 0 saturated heterocycles. The molecular formula is C39H63N3. The molecule has 0 N–H and O–H groups in total. The fourth-order valence-corrected chi connectivity index (χ4v) is 4.56. The highest BCUT2D eigenvalue weighted by atomic mass is 14.8. The standard InChI is InChI=1S/C39H63N3/c1-31(2)16-13-19-37(7,8)22-25-40-34-28-35(41-26-23-38(9,10)20-14-17-32(3)4)30-36(29-34)42-27-24-39(11,12)21-15-18-33(5)6/h16-18,25-30H,13-15,19-24H2,1-12H3. The van der Waals surface area contributed by atoms with Crippen molar-refractivity contribution in [1.82, 2.24) is 0 Å². The second kappa shape index (κ2) is 18.2. The molecule has 0 aliphatic heterocycles. The third-order valence-corrected chi connectivity index (χ3v) is 7.66. The summed E-state index contributed by atoms with van der Waals surface area (Å²) in [4.78, 5) is 14.6. The molecule has 0 saturated carbocycles. The smallest absolute Gasteiger partial charge is 0.0668 e. The first-order chi connectivity index (χ1) is 19.5. The van der Waals surface area contributed by atoms with Gasteiger partial charge in [0, 0.05) is 18.6 Å². The highest BCUT2D eigenvalue weighted by Crippen LogP contribution is 2.32. The molecule has 0 fully saturated rings. The lowest BCUT2D eigenvalue weighted by molar-refractivity contribution is 0.356. The Labute approximate surface area is 260 Å². The molecule has 0 spiro atoms. The molecule has 0 amide bonds. The Morgan fingerprint density at radius 2 is 0.714 bits per heavy atom. The van der Waals surface area contributed by atoms with Crippen LogP contribution >= 0.6 is 0 Å². The van der Waals surface area contributed by atoms with E-state index in [4.69, 9.17) is 15.0 Å². The number of aliphatic imine (C=N–C) groups is 3. The highest BCUT2D eigenvalue weighted by Gasteiger charge is 2.17. The van der Waals surface area contributed by atoms with E-state index in [-0.39, 0.29) is 16.2 Å². The molecule has 1 rings (SSSR count). The largest absolute Gasteiger partial charge is 0.261 e. The summed E-state index contributed by atoms with van der Waals surface area (Å²) in [6.45, 7) is 27.0. The maximum Gasteiger partial charge on any atom is 0.0668 e. The summed E-state index contributed by atoms with van der Waals surface area (Å²) in [7, 11) is 0. The SMILES string of the molecule is CC(C)=CCCC(C)(C)CC=Nc1cc(N=CCC(C)(C)CCC=C(C)C)cc(N=CCC(C)(C)CCC=C(C)C)c1. The van der Waals surface area contributed by atoms with Gasteiger partial charge in [0.05, 0.1) is 17.1 Å². The highest BCUT2D eigenvalue weighted by molar-refractivity contribution is 5.73. The topological polar surface area (TPSA) is 37.1 Å². The van der Waals surface area contributed by atoms with E-state index >= 15 is 0 Å². The van der Waals surface area contributed by atoms with Gasteiger partial charge in [-0.05, 0) is 134 Å². The van der Waals surface area contributed by atoms with Gasteiger partial charge >= 0.3 is 0 Å². The quantitative estimate of drug-likeness (QED) is 0.124. The first-order valence-corrected chi connectivity index (χ1v) is 16.1. The Balaban J connectivity index is 3.10. The Kier molecular flexibility index (Phi) is 16.2. The molecule has 0 aliphatic rings. The summed E-state index contributed by atoms with van der Waals surface area (Å²) in [5.41, 5.74) is 7.54. The maximum atomic E-state index is 4.88. The van der Waals surface area contributed by atoms with Gasteiger partial charge < -0.3 is 0 Å². The van der Waals surface area contributed by atoms with Crippen LogP contribution in [0.4, 0.5) is 17.1 Å². The lowest BCUT2D eigenvalue weighted by atomic mass is 9.84. The van der Waals surface area contributed by atoms with Crippen LogP contribution in [0, 0.1) is 16.2 Å². The summed E-state index contributed by atoms with van der Waals surface area (Å²) in [5.74, 6) is 0. The van der Waals surface area contributed by atoms with Crippen LogP contribution in [0.1, 0.15) is 141 Å². The Bertz CT molecular complexity index is 969. The number of rotatable bonds is 18. The molecule has 1 aromatic carbocycles. The summed E-state index contributed by atoms with van der Waals surface area (Å²) < 4.78 is 0. The molecule has 0 aromatic heterocycles. The molecule has 0 radical (unpaired) electrons. The monoisotopic (exact) mass is 574 g/mol. The van der Waals surface area contributed by atoms with E-state index in [0.717, 1.165) is 74.8 Å². The molecule has 42 heavy (non-hydrogen) atoms. The van der Waals surface area contributed by atoms with E-state index in [0.29, 0.717) is 0 Å². The van der Waals surface area contributed by atoms with Gasteiger partial charge in [-0.1, -0.05) is 76.5 Å². The van der Waals surface area contributed by atoms with Crippen molar-refractivity contribution in [2.45, 2.75) is 141 Å². The Morgan fingerprint density at radius 1 is 0.476 bits per heavy atom. The number of allylic oxidation sites excluding steroid dienone is 6. The second-order valence-corrected chi connectivity index (χ2v) is 15.2. The fourth-order valence-electron chi connectivity index (χ4n) is 4.56. The maximum absolute atomic E-state index is 4.88. The van der Waals surface area contributed by atoms with Gasteiger partial charge in [-0.2, -0.15) is 0 Å².